The van der Waals surface area contributed by atoms with Gasteiger partial charge in [-0.15, -0.1) is 12.6 Å². The highest BCUT2D eigenvalue weighted by Crippen LogP contribution is 2.28. The number of hydrogen-bond acceptors (Lipinski definition) is 2. The van der Waals surface area contributed by atoms with E-state index in [1.165, 1.54) is 15.6 Å². The lowest BCUT2D eigenvalue weighted by atomic mass is 9.98. The van der Waals surface area contributed by atoms with Gasteiger partial charge in [0.15, 0.2) is 0 Å². The summed E-state index contributed by atoms with van der Waals surface area (Å²) in [5.41, 5.74) is -0.255. The van der Waals surface area contributed by atoms with Gasteiger partial charge in [-0.3, -0.25) is 0 Å². The second kappa shape index (κ2) is 7.83. The monoisotopic (exact) mass is 378 g/mol. The van der Waals surface area contributed by atoms with Crippen LogP contribution in [0.25, 0.3) is 0 Å². The van der Waals surface area contributed by atoms with E-state index in [4.69, 9.17) is 17.1 Å². The van der Waals surface area contributed by atoms with Crippen LogP contribution >= 0.6 is 12.6 Å². The molecule has 0 aliphatic carbocycles. The zero-order valence-corrected chi connectivity index (χ0v) is 17.5. The Bertz CT molecular complexity index is 716. The number of thiol groups is 1. The van der Waals surface area contributed by atoms with E-state index in [0.29, 0.717) is 0 Å². The van der Waals surface area contributed by atoms with Crippen molar-refractivity contribution in [1.82, 2.24) is 0 Å². The summed E-state index contributed by atoms with van der Waals surface area (Å²) in [4.78, 5) is 0. The number of rotatable bonds is 5. The van der Waals surface area contributed by atoms with E-state index >= 15 is 0 Å². The van der Waals surface area contributed by atoms with Gasteiger partial charge in [-0.2, -0.15) is 0 Å². The minimum absolute atomic E-state index is 0.0697. The van der Waals surface area contributed by atoms with Crippen LogP contribution in [0.15, 0.2) is 91.0 Å². The third kappa shape index (κ3) is 3.80. The first-order valence-electron chi connectivity index (χ1n) is 8.97. The predicted molar refractivity (Wildman–Crippen MR) is 117 cm³/mol. The molecule has 0 fully saturated rings. The SMILES string of the molecule is CC(C)(C)C(S)O[Si](c1ccccc1)(c1ccccc1)c1ccccc1. The molecule has 134 valence electrons. The first-order valence-corrected chi connectivity index (χ1v) is 11.4. The Kier molecular flexibility index (Phi) is 5.71. The fourth-order valence-corrected chi connectivity index (χ4v) is 7.62. The van der Waals surface area contributed by atoms with Crippen LogP contribution in [0.2, 0.25) is 0 Å². The van der Waals surface area contributed by atoms with E-state index in [2.05, 4.69) is 112 Å². The van der Waals surface area contributed by atoms with Crippen molar-refractivity contribution in [2.45, 2.75) is 26.2 Å². The van der Waals surface area contributed by atoms with Crippen LogP contribution in [0.5, 0.6) is 0 Å². The zero-order valence-electron chi connectivity index (χ0n) is 15.6. The molecule has 0 aliphatic rings. The first-order chi connectivity index (χ1) is 12.4. The Morgan fingerprint density at radius 1 is 0.654 bits per heavy atom. The summed E-state index contributed by atoms with van der Waals surface area (Å²) in [7, 11) is -2.67. The minimum atomic E-state index is -2.67. The fourth-order valence-electron chi connectivity index (χ4n) is 3.07. The summed E-state index contributed by atoms with van der Waals surface area (Å²) in [6.45, 7) is 6.51. The maximum atomic E-state index is 6.96. The third-order valence-electron chi connectivity index (χ3n) is 4.57. The molecule has 3 aromatic rings. The molecule has 0 saturated heterocycles. The average Bonchev–Trinajstić information content (AvgIpc) is 2.67. The summed E-state index contributed by atoms with van der Waals surface area (Å²) < 4.78 is 6.96. The quantitative estimate of drug-likeness (QED) is 0.306. The van der Waals surface area contributed by atoms with Crippen molar-refractivity contribution in [2.24, 2.45) is 5.41 Å². The van der Waals surface area contributed by atoms with Crippen LogP contribution in [0.3, 0.4) is 0 Å². The lowest BCUT2D eigenvalue weighted by molar-refractivity contribution is 0.167. The Labute approximate surface area is 163 Å². The molecule has 0 amide bonds. The predicted octanol–water partition coefficient (Wildman–Crippen LogP) is 3.97. The van der Waals surface area contributed by atoms with Gasteiger partial charge in [0.05, 0.1) is 5.44 Å². The Morgan fingerprint density at radius 2 is 0.962 bits per heavy atom. The largest absolute Gasteiger partial charge is 0.392 e. The van der Waals surface area contributed by atoms with Crippen molar-refractivity contribution in [3.63, 3.8) is 0 Å². The van der Waals surface area contributed by atoms with Gasteiger partial charge in [-0.05, 0) is 21.0 Å². The second-order valence-corrected chi connectivity index (χ2v) is 11.4. The molecule has 3 rings (SSSR count). The molecule has 0 N–H and O–H groups in total. The van der Waals surface area contributed by atoms with Gasteiger partial charge in [0.25, 0.3) is 8.32 Å². The topological polar surface area (TPSA) is 9.23 Å². The molecule has 1 nitrogen and oxygen atoms in total. The van der Waals surface area contributed by atoms with Gasteiger partial charge >= 0.3 is 0 Å². The minimum Gasteiger partial charge on any atom is -0.392 e. The maximum Gasteiger partial charge on any atom is 0.289 e. The molecule has 0 radical (unpaired) electrons. The highest BCUT2D eigenvalue weighted by Gasteiger charge is 2.44. The molecule has 3 heteroatoms. The molecule has 1 unspecified atom stereocenters. The van der Waals surface area contributed by atoms with Gasteiger partial charge in [0, 0.05) is 0 Å². The van der Waals surface area contributed by atoms with Crippen LogP contribution in [0, 0.1) is 5.41 Å². The molecule has 26 heavy (non-hydrogen) atoms. The van der Waals surface area contributed by atoms with E-state index < -0.39 is 8.32 Å². The molecule has 3 aromatic carbocycles. The van der Waals surface area contributed by atoms with Crippen molar-refractivity contribution in [3.05, 3.63) is 91.0 Å². The van der Waals surface area contributed by atoms with Gasteiger partial charge in [-0.1, -0.05) is 112 Å². The Hall–Kier alpha value is -1.81. The van der Waals surface area contributed by atoms with Gasteiger partial charge in [0.1, 0.15) is 0 Å². The van der Waals surface area contributed by atoms with Gasteiger partial charge < -0.3 is 4.43 Å². The van der Waals surface area contributed by atoms with Crippen LogP contribution in [0.1, 0.15) is 20.8 Å². The molecule has 0 bridgehead atoms. The normalized spacial score (nSPS) is 13.4. The smallest absolute Gasteiger partial charge is 0.289 e. The van der Waals surface area contributed by atoms with Crippen LogP contribution in [0.4, 0.5) is 0 Å². The summed E-state index contributed by atoms with van der Waals surface area (Å²) >= 11 is 4.87. The van der Waals surface area contributed by atoms with E-state index in [9.17, 15) is 0 Å². The summed E-state index contributed by atoms with van der Waals surface area (Å²) in [6, 6.07) is 31.9. The molecular weight excluding hydrogens is 352 g/mol. The molecule has 0 aromatic heterocycles. The van der Waals surface area contributed by atoms with E-state index in [-0.39, 0.29) is 10.9 Å². The zero-order chi connectivity index (χ0) is 18.6. The van der Waals surface area contributed by atoms with Crippen LogP contribution in [-0.2, 0) is 4.43 Å². The standard InChI is InChI=1S/C23H26OSSi/c1-23(2,3)22(25)24-26(19-13-7-4-8-14-19,20-15-9-5-10-16-20)21-17-11-6-12-18-21/h4-18,22,25H,1-3H3. The molecule has 0 saturated carbocycles. The molecule has 0 heterocycles. The van der Waals surface area contributed by atoms with Gasteiger partial charge in [0.2, 0.25) is 0 Å². The van der Waals surface area contributed by atoms with Crippen molar-refractivity contribution in [1.29, 1.82) is 0 Å². The number of hydrogen-bond donors (Lipinski definition) is 1. The van der Waals surface area contributed by atoms with Crippen LogP contribution < -0.4 is 15.6 Å². The van der Waals surface area contributed by atoms with Gasteiger partial charge in [-0.25, -0.2) is 0 Å². The molecular formula is C23H26OSSi. The second-order valence-electron chi connectivity index (χ2n) is 7.62. The highest BCUT2D eigenvalue weighted by atomic mass is 32.1. The highest BCUT2D eigenvalue weighted by molar-refractivity contribution is 7.80. The lowest BCUT2D eigenvalue weighted by Gasteiger charge is -2.39. The molecule has 0 aliphatic heterocycles. The first kappa shape index (κ1) is 19.0. The number of benzene rings is 3. The third-order valence-corrected chi connectivity index (χ3v) is 9.68. The lowest BCUT2D eigenvalue weighted by Crippen LogP contribution is -2.70. The Morgan fingerprint density at radius 3 is 1.23 bits per heavy atom. The van der Waals surface area contributed by atoms with E-state index in [0.717, 1.165) is 0 Å². The van der Waals surface area contributed by atoms with Crippen molar-refractivity contribution >= 4 is 36.5 Å². The summed E-state index contributed by atoms with van der Waals surface area (Å²) in [5.74, 6) is 0. The fraction of sp³-hybridized carbons (Fsp3) is 0.217. The Balaban J connectivity index is 2.28. The van der Waals surface area contributed by atoms with E-state index in [1.807, 2.05) is 0 Å². The summed E-state index contributed by atoms with van der Waals surface area (Å²) in [5, 5.41) is 3.71. The maximum absolute atomic E-state index is 6.96. The van der Waals surface area contributed by atoms with E-state index in [1.54, 1.807) is 0 Å². The van der Waals surface area contributed by atoms with Crippen molar-refractivity contribution in [2.75, 3.05) is 0 Å². The molecule has 0 spiro atoms. The van der Waals surface area contributed by atoms with Crippen molar-refractivity contribution in [3.8, 4) is 0 Å². The molecule has 1 atom stereocenters. The van der Waals surface area contributed by atoms with Crippen molar-refractivity contribution < 1.29 is 4.43 Å². The summed E-state index contributed by atoms with van der Waals surface area (Å²) in [6.07, 6.45) is 0. The van der Waals surface area contributed by atoms with Crippen LogP contribution in [-0.4, -0.2) is 13.8 Å². The average molecular weight is 379 g/mol.